The first-order valence-corrected chi connectivity index (χ1v) is 8.11. The van der Waals surface area contributed by atoms with Gasteiger partial charge in [0.25, 0.3) is 5.91 Å². The molecule has 0 aliphatic rings. The molecule has 0 heterocycles. The van der Waals surface area contributed by atoms with E-state index in [4.69, 9.17) is 4.74 Å². The highest BCUT2D eigenvalue weighted by molar-refractivity contribution is 5.95. The summed E-state index contributed by atoms with van der Waals surface area (Å²) in [5, 5.41) is 12.7. The zero-order chi connectivity index (χ0) is 18.4. The van der Waals surface area contributed by atoms with Crippen molar-refractivity contribution >= 4 is 17.6 Å². The standard InChI is InChI=1S/C20H23NO4/c1-20(2,3)25-19(24)15-9-11-16(12-10-15)21-18(23)17(22)13-14-7-5-4-6-8-14/h4-12,17,22H,13H2,1-3H3,(H,21,23). The van der Waals surface area contributed by atoms with Crippen LogP contribution in [0.25, 0.3) is 0 Å². The SMILES string of the molecule is CC(C)(C)OC(=O)c1ccc(NC(=O)C(O)Cc2ccccc2)cc1. The number of amides is 1. The first-order valence-electron chi connectivity index (χ1n) is 8.11. The zero-order valence-corrected chi connectivity index (χ0v) is 14.7. The van der Waals surface area contributed by atoms with Crippen LogP contribution < -0.4 is 5.32 Å². The molecule has 0 bridgehead atoms. The van der Waals surface area contributed by atoms with E-state index in [1.54, 1.807) is 45.0 Å². The Balaban J connectivity index is 1.94. The normalized spacial score (nSPS) is 12.3. The van der Waals surface area contributed by atoms with Crippen molar-refractivity contribution in [2.45, 2.75) is 38.9 Å². The molecular weight excluding hydrogens is 318 g/mol. The summed E-state index contributed by atoms with van der Waals surface area (Å²) in [6.45, 7) is 5.40. The van der Waals surface area contributed by atoms with E-state index in [-0.39, 0.29) is 6.42 Å². The van der Waals surface area contributed by atoms with E-state index in [0.717, 1.165) is 5.56 Å². The summed E-state index contributed by atoms with van der Waals surface area (Å²) in [7, 11) is 0. The predicted octanol–water partition coefficient (Wildman–Crippen LogP) is 3.18. The molecule has 0 saturated carbocycles. The number of carbonyl (C=O) groups is 2. The number of rotatable bonds is 5. The molecule has 2 rings (SSSR count). The van der Waals surface area contributed by atoms with Gasteiger partial charge in [0.15, 0.2) is 0 Å². The molecule has 0 fully saturated rings. The quantitative estimate of drug-likeness (QED) is 0.819. The molecule has 25 heavy (non-hydrogen) atoms. The third-order valence-corrected chi connectivity index (χ3v) is 3.36. The van der Waals surface area contributed by atoms with Crippen LogP contribution in [0.4, 0.5) is 5.69 Å². The monoisotopic (exact) mass is 341 g/mol. The Hall–Kier alpha value is -2.66. The van der Waals surface area contributed by atoms with Gasteiger partial charge in [-0.25, -0.2) is 4.79 Å². The second-order valence-corrected chi connectivity index (χ2v) is 6.77. The van der Waals surface area contributed by atoms with E-state index in [2.05, 4.69) is 5.32 Å². The first-order chi connectivity index (χ1) is 11.7. The van der Waals surface area contributed by atoms with Crippen molar-refractivity contribution in [2.75, 3.05) is 5.32 Å². The number of benzene rings is 2. The van der Waals surface area contributed by atoms with Crippen LogP contribution in [0.3, 0.4) is 0 Å². The maximum Gasteiger partial charge on any atom is 0.338 e. The number of carbonyl (C=O) groups excluding carboxylic acids is 2. The number of anilines is 1. The second kappa shape index (κ2) is 7.94. The molecule has 132 valence electrons. The fourth-order valence-corrected chi connectivity index (χ4v) is 2.18. The van der Waals surface area contributed by atoms with Gasteiger partial charge in [-0.05, 0) is 50.6 Å². The van der Waals surface area contributed by atoms with Crippen LogP contribution in [0.5, 0.6) is 0 Å². The Morgan fingerprint density at radius 2 is 1.64 bits per heavy atom. The maximum atomic E-state index is 12.1. The summed E-state index contributed by atoms with van der Waals surface area (Å²) in [6.07, 6.45) is -0.907. The number of nitrogens with one attached hydrogen (secondary N) is 1. The van der Waals surface area contributed by atoms with Crippen LogP contribution in [0.15, 0.2) is 54.6 Å². The van der Waals surface area contributed by atoms with Gasteiger partial charge in [-0.3, -0.25) is 4.79 Å². The van der Waals surface area contributed by atoms with E-state index in [1.807, 2.05) is 30.3 Å². The highest BCUT2D eigenvalue weighted by Crippen LogP contribution is 2.15. The second-order valence-electron chi connectivity index (χ2n) is 6.77. The molecule has 0 spiro atoms. The van der Waals surface area contributed by atoms with E-state index >= 15 is 0 Å². The van der Waals surface area contributed by atoms with Gasteiger partial charge >= 0.3 is 5.97 Å². The highest BCUT2D eigenvalue weighted by atomic mass is 16.6. The van der Waals surface area contributed by atoms with Crippen molar-refractivity contribution in [2.24, 2.45) is 0 Å². The lowest BCUT2D eigenvalue weighted by molar-refractivity contribution is -0.123. The lowest BCUT2D eigenvalue weighted by Gasteiger charge is -2.19. The molecule has 1 amide bonds. The molecule has 0 aromatic heterocycles. The first kappa shape index (κ1) is 18.7. The summed E-state index contributed by atoms with van der Waals surface area (Å²) in [6, 6.07) is 15.7. The van der Waals surface area contributed by atoms with Crippen molar-refractivity contribution < 1.29 is 19.4 Å². The zero-order valence-electron chi connectivity index (χ0n) is 14.7. The summed E-state index contributed by atoms with van der Waals surface area (Å²) >= 11 is 0. The van der Waals surface area contributed by atoms with Crippen LogP contribution in [0, 0.1) is 0 Å². The lowest BCUT2D eigenvalue weighted by atomic mass is 10.1. The van der Waals surface area contributed by atoms with Crippen LogP contribution >= 0.6 is 0 Å². The number of ether oxygens (including phenoxy) is 1. The summed E-state index contributed by atoms with van der Waals surface area (Å²) < 4.78 is 5.28. The molecule has 0 radical (unpaired) electrons. The largest absolute Gasteiger partial charge is 0.456 e. The molecule has 2 aromatic carbocycles. The van der Waals surface area contributed by atoms with Crippen molar-refractivity contribution in [3.63, 3.8) is 0 Å². The number of aliphatic hydroxyl groups is 1. The van der Waals surface area contributed by atoms with Crippen LogP contribution in [-0.2, 0) is 16.0 Å². The summed E-state index contributed by atoms with van der Waals surface area (Å²) in [5.41, 5.74) is 1.22. The third kappa shape index (κ3) is 6.04. The molecule has 0 aliphatic heterocycles. The third-order valence-electron chi connectivity index (χ3n) is 3.36. The Labute approximate surface area is 147 Å². The van der Waals surface area contributed by atoms with Crippen LogP contribution in [0.2, 0.25) is 0 Å². The molecule has 2 N–H and O–H groups in total. The Morgan fingerprint density at radius 1 is 1.04 bits per heavy atom. The van der Waals surface area contributed by atoms with E-state index in [9.17, 15) is 14.7 Å². The fourth-order valence-electron chi connectivity index (χ4n) is 2.18. The number of aliphatic hydroxyl groups excluding tert-OH is 1. The predicted molar refractivity (Wildman–Crippen MR) is 96.4 cm³/mol. The van der Waals surface area contributed by atoms with Crippen LogP contribution in [-0.4, -0.2) is 28.7 Å². The minimum Gasteiger partial charge on any atom is -0.456 e. The van der Waals surface area contributed by atoms with E-state index in [0.29, 0.717) is 11.3 Å². The van der Waals surface area contributed by atoms with Gasteiger partial charge in [-0.1, -0.05) is 30.3 Å². The topological polar surface area (TPSA) is 75.6 Å². The summed E-state index contributed by atoms with van der Waals surface area (Å²) in [4.78, 5) is 24.0. The van der Waals surface area contributed by atoms with Gasteiger partial charge in [-0.2, -0.15) is 0 Å². The van der Waals surface area contributed by atoms with Crippen LogP contribution in [0.1, 0.15) is 36.7 Å². The minimum absolute atomic E-state index is 0.239. The molecule has 2 aromatic rings. The molecule has 0 aliphatic carbocycles. The molecule has 1 atom stereocenters. The van der Waals surface area contributed by atoms with Gasteiger partial charge in [0.1, 0.15) is 11.7 Å². The van der Waals surface area contributed by atoms with Crippen molar-refractivity contribution in [3.05, 3.63) is 65.7 Å². The Bertz CT molecular complexity index is 718. The molecule has 0 saturated heterocycles. The average molecular weight is 341 g/mol. The molecular formula is C20H23NO4. The van der Waals surface area contributed by atoms with Crippen molar-refractivity contribution in [1.82, 2.24) is 0 Å². The van der Waals surface area contributed by atoms with Gasteiger partial charge in [0.2, 0.25) is 0 Å². The van der Waals surface area contributed by atoms with E-state index in [1.165, 1.54) is 0 Å². The number of hydrogen-bond donors (Lipinski definition) is 2. The molecule has 5 nitrogen and oxygen atoms in total. The summed E-state index contributed by atoms with van der Waals surface area (Å²) in [5.74, 6) is -0.914. The van der Waals surface area contributed by atoms with E-state index < -0.39 is 23.6 Å². The van der Waals surface area contributed by atoms with Crippen molar-refractivity contribution in [3.8, 4) is 0 Å². The van der Waals surface area contributed by atoms with Gasteiger partial charge < -0.3 is 15.2 Å². The highest BCUT2D eigenvalue weighted by Gasteiger charge is 2.18. The molecule has 1 unspecified atom stereocenters. The lowest BCUT2D eigenvalue weighted by Crippen LogP contribution is -2.29. The Morgan fingerprint density at radius 3 is 2.20 bits per heavy atom. The van der Waals surface area contributed by atoms with Gasteiger partial charge in [0, 0.05) is 12.1 Å². The molecule has 5 heteroatoms. The Kier molecular flexibility index (Phi) is 5.93. The minimum atomic E-state index is -1.15. The maximum absolute atomic E-state index is 12.1. The van der Waals surface area contributed by atoms with Crippen molar-refractivity contribution in [1.29, 1.82) is 0 Å². The fraction of sp³-hybridized carbons (Fsp3) is 0.300. The average Bonchev–Trinajstić information content (AvgIpc) is 2.54. The smallest absolute Gasteiger partial charge is 0.338 e. The number of hydrogen-bond acceptors (Lipinski definition) is 4. The van der Waals surface area contributed by atoms with Gasteiger partial charge in [0.05, 0.1) is 5.56 Å². The number of esters is 1. The van der Waals surface area contributed by atoms with Gasteiger partial charge in [-0.15, -0.1) is 0 Å².